The third-order valence-corrected chi connectivity index (χ3v) is 3.31. The van der Waals surface area contributed by atoms with Crippen molar-refractivity contribution in [3.05, 3.63) is 33.8 Å². The summed E-state index contributed by atoms with van der Waals surface area (Å²) in [5.74, 6) is 0.222. The van der Waals surface area contributed by atoms with Gasteiger partial charge in [-0.15, -0.1) is 0 Å². The summed E-state index contributed by atoms with van der Waals surface area (Å²) in [6.45, 7) is 7.39. The lowest BCUT2D eigenvalue weighted by Crippen LogP contribution is -2.35. The van der Waals surface area contributed by atoms with Crippen molar-refractivity contribution in [3.8, 4) is 0 Å². The van der Waals surface area contributed by atoms with Crippen molar-refractivity contribution in [1.29, 1.82) is 0 Å². The highest BCUT2D eigenvalue weighted by Gasteiger charge is 2.31. The van der Waals surface area contributed by atoms with E-state index < -0.39 is 0 Å². The molecule has 2 rings (SSSR count). The van der Waals surface area contributed by atoms with Gasteiger partial charge in [-0.3, -0.25) is 4.79 Å². The Hall–Kier alpha value is -0.830. The van der Waals surface area contributed by atoms with Crippen LogP contribution >= 0.6 is 15.9 Å². The van der Waals surface area contributed by atoms with E-state index >= 15 is 0 Å². The predicted octanol–water partition coefficient (Wildman–Crippen LogP) is 3.34. The van der Waals surface area contributed by atoms with Crippen LogP contribution in [0.4, 0.5) is 0 Å². The Balaban J connectivity index is 2.20. The minimum absolute atomic E-state index is 0.222. The number of hydrogen-bond acceptors (Lipinski definition) is 1. The predicted molar refractivity (Wildman–Crippen MR) is 67.9 cm³/mol. The molecule has 1 aromatic carbocycles. The third-order valence-electron chi connectivity index (χ3n) is 2.82. The lowest BCUT2D eigenvalue weighted by atomic mass is 9.95. The Morgan fingerprint density at radius 3 is 2.50 bits per heavy atom. The van der Waals surface area contributed by atoms with Crippen LogP contribution in [0.15, 0.2) is 22.7 Å². The van der Waals surface area contributed by atoms with Crippen molar-refractivity contribution in [1.82, 2.24) is 4.90 Å². The van der Waals surface area contributed by atoms with E-state index in [9.17, 15) is 4.79 Å². The zero-order chi connectivity index (χ0) is 11.9. The number of fused-ring (bicyclic) bond motifs is 1. The molecule has 0 radical (unpaired) electrons. The minimum atomic E-state index is -0.292. The first kappa shape index (κ1) is 11.6. The van der Waals surface area contributed by atoms with Crippen LogP contribution in [0, 0.1) is 5.41 Å². The van der Waals surface area contributed by atoms with E-state index in [1.54, 1.807) is 0 Å². The van der Waals surface area contributed by atoms with Gasteiger partial charge >= 0.3 is 0 Å². The summed E-state index contributed by atoms with van der Waals surface area (Å²) in [7, 11) is 0. The second kappa shape index (κ2) is 3.88. The summed E-state index contributed by atoms with van der Waals surface area (Å²) in [4.78, 5) is 14.1. The van der Waals surface area contributed by atoms with Crippen molar-refractivity contribution in [2.75, 3.05) is 0 Å². The largest absolute Gasteiger partial charge is 0.334 e. The molecule has 0 spiro atoms. The lowest BCUT2D eigenvalue weighted by molar-refractivity contribution is -0.140. The molecule has 1 amide bonds. The van der Waals surface area contributed by atoms with Gasteiger partial charge in [-0.25, -0.2) is 0 Å². The summed E-state index contributed by atoms with van der Waals surface area (Å²) < 4.78 is 1.08. The zero-order valence-electron chi connectivity index (χ0n) is 9.88. The van der Waals surface area contributed by atoms with E-state index in [0.717, 1.165) is 17.6 Å². The molecule has 0 bridgehead atoms. The number of nitrogens with zero attached hydrogens (tertiary/aromatic N) is 1. The molecule has 0 fully saturated rings. The van der Waals surface area contributed by atoms with Crippen LogP contribution in [-0.2, 0) is 17.9 Å². The highest BCUT2D eigenvalue weighted by Crippen LogP contribution is 2.29. The van der Waals surface area contributed by atoms with Crippen LogP contribution in [0.1, 0.15) is 31.9 Å². The Bertz CT molecular complexity index is 434. The molecular formula is C13H16BrNO. The van der Waals surface area contributed by atoms with Gasteiger partial charge in [0.05, 0.1) is 0 Å². The molecule has 3 heteroatoms. The Morgan fingerprint density at radius 2 is 1.88 bits per heavy atom. The van der Waals surface area contributed by atoms with Gasteiger partial charge in [-0.2, -0.15) is 0 Å². The highest BCUT2D eigenvalue weighted by atomic mass is 79.9. The van der Waals surface area contributed by atoms with Crippen molar-refractivity contribution in [2.45, 2.75) is 33.9 Å². The minimum Gasteiger partial charge on any atom is -0.334 e. The van der Waals surface area contributed by atoms with Crippen molar-refractivity contribution >= 4 is 21.8 Å². The molecule has 0 aromatic heterocycles. The highest BCUT2D eigenvalue weighted by molar-refractivity contribution is 9.10. The van der Waals surface area contributed by atoms with Gasteiger partial charge < -0.3 is 4.90 Å². The number of benzene rings is 1. The summed E-state index contributed by atoms with van der Waals surface area (Å²) >= 11 is 3.46. The van der Waals surface area contributed by atoms with Crippen molar-refractivity contribution < 1.29 is 4.79 Å². The van der Waals surface area contributed by atoms with E-state index in [0.29, 0.717) is 0 Å². The Kier molecular flexibility index (Phi) is 2.82. The molecule has 0 N–H and O–H groups in total. The van der Waals surface area contributed by atoms with Crippen LogP contribution in [0.5, 0.6) is 0 Å². The van der Waals surface area contributed by atoms with Gasteiger partial charge in [0, 0.05) is 23.0 Å². The second-order valence-electron chi connectivity index (χ2n) is 5.32. The average Bonchev–Trinajstić information content (AvgIpc) is 2.57. The first-order chi connectivity index (χ1) is 7.38. The van der Waals surface area contributed by atoms with Crippen molar-refractivity contribution in [2.24, 2.45) is 5.41 Å². The number of halogens is 1. The molecule has 1 heterocycles. The van der Waals surface area contributed by atoms with E-state index in [4.69, 9.17) is 0 Å². The molecule has 0 atom stereocenters. The van der Waals surface area contributed by atoms with E-state index in [1.165, 1.54) is 11.1 Å². The normalized spacial score (nSPS) is 15.1. The van der Waals surface area contributed by atoms with Crippen LogP contribution in [0.3, 0.4) is 0 Å². The topological polar surface area (TPSA) is 20.3 Å². The molecule has 86 valence electrons. The maximum absolute atomic E-state index is 12.1. The van der Waals surface area contributed by atoms with Gasteiger partial charge in [-0.1, -0.05) is 42.8 Å². The number of amides is 1. The summed E-state index contributed by atoms with van der Waals surface area (Å²) in [6.07, 6.45) is 0. The molecule has 1 aromatic rings. The molecule has 0 unspecified atom stereocenters. The van der Waals surface area contributed by atoms with Gasteiger partial charge in [0.2, 0.25) is 5.91 Å². The fourth-order valence-corrected chi connectivity index (χ4v) is 2.39. The molecule has 0 aliphatic carbocycles. The van der Waals surface area contributed by atoms with Crippen molar-refractivity contribution in [3.63, 3.8) is 0 Å². The summed E-state index contributed by atoms with van der Waals surface area (Å²) in [5, 5.41) is 0. The second-order valence-corrected chi connectivity index (χ2v) is 6.24. The number of carbonyl (C=O) groups is 1. The standard InChI is InChI=1S/C13H16BrNO/c1-13(2,3)12(16)15-7-9-4-5-11(14)6-10(9)8-15/h4-6H,7-8H2,1-3H3. The van der Waals surface area contributed by atoms with Crippen LogP contribution < -0.4 is 0 Å². The fraction of sp³-hybridized carbons (Fsp3) is 0.462. The van der Waals surface area contributed by atoms with E-state index in [1.807, 2.05) is 31.7 Å². The van der Waals surface area contributed by atoms with E-state index in [-0.39, 0.29) is 11.3 Å². The lowest BCUT2D eigenvalue weighted by Gasteiger charge is -2.25. The van der Waals surface area contributed by atoms with Crippen LogP contribution in [-0.4, -0.2) is 10.8 Å². The summed E-state index contributed by atoms with van der Waals surface area (Å²) in [5.41, 5.74) is 2.23. The fourth-order valence-electron chi connectivity index (χ4n) is 1.98. The number of carbonyl (C=O) groups excluding carboxylic acids is 1. The SMILES string of the molecule is CC(C)(C)C(=O)N1Cc2ccc(Br)cc2C1. The smallest absolute Gasteiger partial charge is 0.228 e. The quantitative estimate of drug-likeness (QED) is 0.714. The average molecular weight is 282 g/mol. The zero-order valence-corrected chi connectivity index (χ0v) is 11.5. The molecule has 1 aliphatic rings. The molecule has 16 heavy (non-hydrogen) atoms. The number of hydrogen-bond donors (Lipinski definition) is 0. The van der Waals surface area contributed by atoms with E-state index in [2.05, 4.69) is 28.1 Å². The van der Waals surface area contributed by atoms with Gasteiger partial charge in [0.1, 0.15) is 0 Å². The summed E-state index contributed by atoms with van der Waals surface area (Å²) in [6, 6.07) is 6.23. The van der Waals surface area contributed by atoms with Crippen LogP contribution in [0.25, 0.3) is 0 Å². The van der Waals surface area contributed by atoms with Gasteiger partial charge in [-0.05, 0) is 23.3 Å². The Labute approximate surface area is 105 Å². The first-order valence-corrected chi connectivity index (χ1v) is 6.24. The van der Waals surface area contributed by atoms with Crippen LogP contribution in [0.2, 0.25) is 0 Å². The maximum Gasteiger partial charge on any atom is 0.228 e. The van der Waals surface area contributed by atoms with Gasteiger partial charge in [0.15, 0.2) is 0 Å². The first-order valence-electron chi connectivity index (χ1n) is 5.44. The van der Waals surface area contributed by atoms with Gasteiger partial charge in [0.25, 0.3) is 0 Å². The molecule has 2 nitrogen and oxygen atoms in total. The third kappa shape index (κ3) is 2.14. The molecule has 0 saturated carbocycles. The Morgan fingerprint density at radius 1 is 1.25 bits per heavy atom. The number of rotatable bonds is 0. The molecule has 0 saturated heterocycles. The maximum atomic E-state index is 12.1. The molecular weight excluding hydrogens is 266 g/mol. The monoisotopic (exact) mass is 281 g/mol. The molecule has 1 aliphatic heterocycles.